The first-order chi connectivity index (χ1) is 9.31. The van der Waals surface area contributed by atoms with Crippen LogP contribution in [0.15, 0.2) is 41.9 Å². The van der Waals surface area contributed by atoms with Gasteiger partial charge >= 0.3 is 0 Å². The summed E-state index contributed by atoms with van der Waals surface area (Å²) >= 11 is 3.00. The maximum atomic E-state index is 5.65. The van der Waals surface area contributed by atoms with Crippen molar-refractivity contribution in [3.8, 4) is 16.3 Å². The summed E-state index contributed by atoms with van der Waals surface area (Å²) < 4.78 is 5.65. The van der Waals surface area contributed by atoms with Gasteiger partial charge in [-0.2, -0.15) is 0 Å². The monoisotopic (exact) mass is 289 g/mol. The van der Waals surface area contributed by atoms with Gasteiger partial charge in [-0.25, -0.2) is 9.97 Å². The molecule has 2 heterocycles. The zero-order valence-corrected chi connectivity index (χ0v) is 11.6. The third-order valence-corrected chi connectivity index (χ3v) is 4.10. The molecule has 6 heteroatoms. The molecular weight excluding hydrogens is 278 g/mol. The van der Waals surface area contributed by atoms with Crippen LogP contribution in [0.3, 0.4) is 0 Å². The Morgan fingerprint density at radius 2 is 2.05 bits per heavy atom. The normalized spacial score (nSPS) is 10.5. The molecule has 96 valence electrons. The number of nitrogens with two attached hydrogens (primary N) is 1. The molecule has 2 N–H and O–H groups in total. The summed E-state index contributed by atoms with van der Waals surface area (Å²) in [5.41, 5.74) is 6.50. The van der Waals surface area contributed by atoms with Gasteiger partial charge in [0.05, 0.1) is 10.6 Å². The Labute approximate surface area is 118 Å². The average Bonchev–Trinajstić information content (AvgIpc) is 3.06. The van der Waals surface area contributed by atoms with Crippen molar-refractivity contribution in [2.45, 2.75) is 6.61 Å². The lowest BCUT2D eigenvalue weighted by Gasteiger charge is -2.02. The summed E-state index contributed by atoms with van der Waals surface area (Å²) in [6.45, 7) is 0.467. The van der Waals surface area contributed by atoms with E-state index in [0.717, 1.165) is 21.3 Å². The highest BCUT2D eigenvalue weighted by atomic mass is 32.1. The Hall–Kier alpha value is -1.92. The molecule has 0 unspecified atom stereocenters. The van der Waals surface area contributed by atoms with Crippen LogP contribution in [0.1, 0.15) is 5.01 Å². The first-order valence-corrected chi connectivity index (χ1v) is 7.35. The minimum absolute atomic E-state index is 0.467. The molecule has 3 aromatic rings. The Bertz CT molecular complexity index is 663. The molecule has 0 aliphatic rings. The van der Waals surface area contributed by atoms with Gasteiger partial charge in [-0.1, -0.05) is 18.2 Å². The predicted molar refractivity (Wildman–Crippen MR) is 78.4 cm³/mol. The molecule has 0 spiro atoms. The molecule has 3 rings (SSSR count). The summed E-state index contributed by atoms with van der Waals surface area (Å²) in [6.07, 6.45) is 1.81. The highest BCUT2D eigenvalue weighted by Crippen LogP contribution is 2.28. The molecule has 0 atom stereocenters. The number of aromatic nitrogens is 2. The zero-order chi connectivity index (χ0) is 13.1. The summed E-state index contributed by atoms with van der Waals surface area (Å²) in [7, 11) is 0. The highest BCUT2D eigenvalue weighted by molar-refractivity contribution is 7.16. The molecule has 0 fully saturated rings. The Kier molecular flexibility index (Phi) is 3.43. The lowest BCUT2D eigenvalue weighted by Crippen LogP contribution is -1.93. The largest absolute Gasteiger partial charge is 0.486 e. The first-order valence-electron chi connectivity index (χ1n) is 5.65. The van der Waals surface area contributed by atoms with Crippen molar-refractivity contribution in [1.29, 1.82) is 0 Å². The molecule has 1 aromatic carbocycles. The van der Waals surface area contributed by atoms with Crippen molar-refractivity contribution in [3.05, 3.63) is 46.9 Å². The predicted octanol–water partition coefficient (Wildman–Crippen LogP) is 3.43. The number of anilines is 1. The van der Waals surface area contributed by atoms with E-state index in [1.807, 2.05) is 41.9 Å². The molecule has 19 heavy (non-hydrogen) atoms. The highest BCUT2D eigenvalue weighted by Gasteiger charge is 2.08. The van der Waals surface area contributed by atoms with E-state index < -0.39 is 0 Å². The van der Waals surface area contributed by atoms with Crippen molar-refractivity contribution >= 4 is 27.8 Å². The quantitative estimate of drug-likeness (QED) is 0.799. The van der Waals surface area contributed by atoms with Crippen LogP contribution in [0, 0.1) is 0 Å². The number of rotatable bonds is 4. The van der Waals surface area contributed by atoms with E-state index in [-0.39, 0.29) is 0 Å². The van der Waals surface area contributed by atoms with E-state index in [9.17, 15) is 0 Å². The number of nitrogen functional groups attached to an aromatic ring is 1. The zero-order valence-electron chi connectivity index (χ0n) is 9.95. The van der Waals surface area contributed by atoms with Crippen LogP contribution in [0.5, 0.6) is 5.75 Å². The van der Waals surface area contributed by atoms with Crippen LogP contribution in [0.2, 0.25) is 0 Å². The van der Waals surface area contributed by atoms with Crippen LogP contribution in [-0.4, -0.2) is 9.97 Å². The van der Waals surface area contributed by atoms with Crippen LogP contribution in [0.25, 0.3) is 10.6 Å². The molecule has 0 bridgehead atoms. The maximum Gasteiger partial charge on any atom is 0.180 e. The van der Waals surface area contributed by atoms with Gasteiger partial charge in [0.1, 0.15) is 17.4 Å². The summed E-state index contributed by atoms with van der Waals surface area (Å²) in [4.78, 5) is 9.59. The molecule has 0 aliphatic heterocycles. The second-order valence-electron chi connectivity index (χ2n) is 3.79. The number of benzene rings is 1. The van der Waals surface area contributed by atoms with Crippen molar-refractivity contribution in [2.24, 2.45) is 0 Å². The first kappa shape index (κ1) is 12.1. The van der Waals surface area contributed by atoms with Gasteiger partial charge < -0.3 is 10.5 Å². The summed E-state index contributed by atoms with van der Waals surface area (Å²) in [5, 5.41) is 3.43. The Balaban J connectivity index is 1.68. The molecule has 0 saturated heterocycles. The smallest absolute Gasteiger partial charge is 0.180 e. The molecule has 4 nitrogen and oxygen atoms in total. The fourth-order valence-electron chi connectivity index (χ4n) is 1.56. The van der Waals surface area contributed by atoms with Crippen LogP contribution in [0.4, 0.5) is 5.13 Å². The number of thiazole rings is 2. The van der Waals surface area contributed by atoms with Crippen molar-refractivity contribution in [3.63, 3.8) is 0 Å². The minimum Gasteiger partial charge on any atom is -0.486 e. The van der Waals surface area contributed by atoms with Gasteiger partial charge in [0.2, 0.25) is 0 Å². The van der Waals surface area contributed by atoms with Crippen molar-refractivity contribution in [1.82, 2.24) is 9.97 Å². The van der Waals surface area contributed by atoms with E-state index in [1.54, 1.807) is 11.3 Å². The van der Waals surface area contributed by atoms with E-state index >= 15 is 0 Å². The van der Waals surface area contributed by atoms with Crippen LogP contribution < -0.4 is 10.5 Å². The van der Waals surface area contributed by atoms with Gasteiger partial charge in [-0.05, 0) is 12.1 Å². The van der Waals surface area contributed by atoms with Gasteiger partial charge in [0.25, 0.3) is 0 Å². The van der Waals surface area contributed by atoms with Crippen molar-refractivity contribution in [2.75, 3.05) is 5.73 Å². The number of hydrogen-bond acceptors (Lipinski definition) is 6. The fraction of sp³-hybridized carbons (Fsp3) is 0.0769. The lowest BCUT2D eigenvalue weighted by atomic mass is 10.3. The van der Waals surface area contributed by atoms with Crippen LogP contribution >= 0.6 is 22.7 Å². The lowest BCUT2D eigenvalue weighted by molar-refractivity contribution is 0.305. The molecule has 0 radical (unpaired) electrons. The molecular formula is C13H11N3OS2. The second kappa shape index (κ2) is 5.38. The van der Waals surface area contributed by atoms with E-state index in [2.05, 4.69) is 9.97 Å². The average molecular weight is 289 g/mol. The molecule has 0 saturated carbocycles. The number of para-hydroxylation sites is 1. The third kappa shape index (κ3) is 2.91. The minimum atomic E-state index is 0.467. The van der Waals surface area contributed by atoms with Gasteiger partial charge in [0.15, 0.2) is 5.13 Å². The van der Waals surface area contributed by atoms with Crippen LogP contribution in [-0.2, 0) is 6.61 Å². The van der Waals surface area contributed by atoms with Crippen molar-refractivity contribution < 1.29 is 4.74 Å². The standard InChI is InChI=1S/C13H11N3OS2/c14-13-16-10(8-18-13)11-6-15-12(19-11)7-17-9-4-2-1-3-5-9/h1-6,8H,7H2,(H2,14,16). The molecule has 0 amide bonds. The fourth-order valence-corrected chi connectivity index (χ4v) is 2.99. The maximum absolute atomic E-state index is 5.65. The molecule has 0 aliphatic carbocycles. The van der Waals surface area contributed by atoms with Gasteiger partial charge in [-0.3, -0.25) is 0 Å². The van der Waals surface area contributed by atoms with E-state index in [1.165, 1.54) is 11.3 Å². The van der Waals surface area contributed by atoms with E-state index in [4.69, 9.17) is 10.5 Å². The number of nitrogens with zero attached hydrogens (tertiary/aromatic N) is 2. The SMILES string of the molecule is Nc1nc(-c2cnc(COc3ccccc3)s2)cs1. The van der Waals surface area contributed by atoms with Gasteiger partial charge in [-0.15, -0.1) is 22.7 Å². The second-order valence-corrected chi connectivity index (χ2v) is 5.80. The van der Waals surface area contributed by atoms with E-state index in [0.29, 0.717) is 11.7 Å². The summed E-state index contributed by atoms with van der Waals surface area (Å²) in [6, 6.07) is 9.70. The Morgan fingerprint density at radius 1 is 1.21 bits per heavy atom. The third-order valence-electron chi connectivity index (χ3n) is 2.43. The Morgan fingerprint density at radius 3 is 2.79 bits per heavy atom. The summed E-state index contributed by atoms with van der Waals surface area (Å²) in [5.74, 6) is 0.845. The van der Waals surface area contributed by atoms with Gasteiger partial charge in [0, 0.05) is 11.6 Å². The number of ether oxygens (including phenoxy) is 1. The molecule has 2 aromatic heterocycles. The topological polar surface area (TPSA) is 61.0 Å². The number of hydrogen-bond donors (Lipinski definition) is 1.